The van der Waals surface area contributed by atoms with Gasteiger partial charge < -0.3 is 14.2 Å². The van der Waals surface area contributed by atoms with E-state index >= 15 is 0 Å². The van der Waals surface area contributed by atoms with Gasteiger partial charge in [-0.05, 0) is 37.3 Å². The summed E-state index contributed by atoms with van der Waals surface area (Å²) in [6.45, 7) is 4.36. The standard InChI is InChI=1S/C52H97ClO7/c1-3-5-7-9-11-13-15-18-23-27-31-35-39-43-50(55)58-46-48(47-59-51(56)44-40-36-32-28-24-19-16-14-12-10-8-6-4-2)60-52(57)45-41-37-33-29-25-21-17-20-22-26-30-34-38-42-49(53)54/h48H,3-47H2,1-2H3. The molecule has 60 heavy (non-hydrogen) atoms. The second-order valence-corrected chi connectivity index (χ2v) is 18.3. The average Bonchev–Trinajstić information content (AvgIpc) is 3.23. The van der Waals surface area contributed by atoms with Crippen molar-refractivity contribution in [3.8, 4) is 0 Å². The molecule has 0 atom stereocenters. The highest BCUT2D eigenvalue weighted by atomic mass is 35.5. The van der Waals surface area contributed by atoms with Gasteiger partial charge in [0.1, 0.15) is 13.2 Å². The van der Waals surface area contributed by atoms with Crippen molar-refractivity contribution < 1.29 is 33.4 Å². The smallest absolute Gasteiger partial charge is 0.306 e. The SMILES string of the molecule is CCCCCCCCCCCCCCCC(=O)OCC(COC(=O)CCCCCCCCCCCCCCC)OC(=O)CCCCCCCCCCCCCCCC(=O)Cl. The monoisotopic (exact) mass is 869 g/mol. The molecular weight excluding hydrogens is 772 g/mol. The van der Waals surface area contributed by atoms with E-state index in [0.717, 1.165) is 70.6 Å². The average molecular weight is 870 g/mol. The second-order valence-electron chi connectivity index (χ2n) is 17.9. The molecule has 0 aliphatic carbocycles. The van der Waals surface area contributed by atoms with Crippen LogP contribution in [0.4, 0.5) is 0 Å². The third-order valence-electron chi connectivity index (χ3n) is 11.9. The number of carbonyl (C=O) groups is 4. The molecule has 0 aromatic carbocycles. The third kappa shape index (κ3) is 47.4. The van der Waals surface area contributed by atoms with E-state index in [2.05, 4.69) is 13.8 Å². The molecule has 7 nitrogen and oxygen atoms in total. The van der Waals surface area contributed by atoms with Gasteiger partial charge in [-0.2, -0.15) is 0 Å². The first-order valence-electron chi connectivity index (χ1n) is 26.1. The maximum Gasteiger partial charge on any atom is 0.306 e. The van der Waals surface area contributed by atoms with Gasteiger partial charge in [-0.25, -0.2) is 0 Å². The van der Waals surface area contributed by atoms with Crippen molar-refractivity contribution in [2.24, 2.45) is 0 Å². The molecule has 0 unspecified atom stereocenters. The number of unbranched alkanes of at least 4 members (excludes halogenated alkanes) is 36. The van der Waals surface area contributed by atoms with Crippen molar-refractivity contribution in [3.63, 3.8) is 0 Å². The molecule has 0 spiro atoms. The Morgan fingerprint density at radius 3 is 0.783 bits per heavy atom. The number of esters is 3. The second kappa shape index (κ2) is 48.4. The Balaban J connectivity index is 4.31. The normalized spacial score (nSPS) is 11.3. The van der Waals surface area contributed by atoms with Crippen LogP contribution in [0, 0.1) is 0 Å². The van der Waals surface area contributed by atoms with Crippen LogP contribution in [-0.2, 0) is 33.4 Å². The van der Waals surface area contributed by atoms with E-state index in [-0.39, 0.29) is 36.4 Å². The van der Waals surface area contributed by atoms with Gasteiger partial charge in [0.05, 0.1) is 0 Å². The molecule has 0 heterocycles. The van der Waals surface area contributed by atoms with E-state index in [9.17, 15) is 19.2 Å². The summed E-state index contributed by atoms with van der Waals surface area (Å²) >= 11 is 5.39. The zero-order valence-electron chi connectivity index (χ0n) is 39.6. The summed E-state index contributed by atoms with van der Waals surface area (Å²) in [5.41, 5.74) is 0. The van der Waals surface area contributed by atoms with Crippen molar-refractivity contribution in [1.29, 1.82) is 0 Å². The Morgan fingerprint density at radius 1 is 0.317 bits per heavy atom. The van der Waals surface area contributed by atoms with Crippen LogP contribution >= 0.6 is 11.6 Å². The van der Waals surface area contributed by atoms with Crippen molar-refractivity contribution in [1.82, 2.24) is 0 Å². The van der Waals surface area contributed by atoms with Crippen LogP contribution in [0.25, 0.3) is 0 Å². The molecule has 0 saturated heterocycles. The first-order valence-corrected chi connectivity index (χ1v) is 26.5. The van der Waals surface area contributed by atoms with E-state index < -0.39 is 6.10 Å². The Hall–Kier alpha value is -1.63. The Labute approximate surface area is 376 Å². The molecule has 354 valence electrons. The van der Waals surface area contributed by atoms with Crippen LogP contribution in [0.3, 0.4) is 0 Å². The van der Waals surface area contributed by atoms with Crippen LogP contribution in [-0.4, -0.2) is 42.5 Å². The minimum atomic E-state index is -0.779. The molecule has 0 fully saturated rings. The van der Waals surface area contributed by atoms with E-state index in [1.165, 1.54) is 180 Å². The number of hydrogen-bond acceptors (Lipinski definition) is 7. The summed E-state index contributed by atoms with van der Waals surface area (Å²) in [6.07, 6.45) is 48.0. The first-order chi connectivity index (χ1) is 29.4. The summed E-state index contributed by atoms with van der Waals surface area (Å²) in [4.78, 5) is 48.7. The minimum Gasteiger partial charge on any atom is -0.462 e. The van der Waals surface area contributed by atoms with Gasteiger partial charge in [0, 0.05) is 25.7 Å². The van der Waals surface area contributed by atoms with Crippen molar-refractivity contribution in [3.05, 3.63) is 0 Å². The molecule has 0 aromatic rings. The fraction of sp³-hybridized carbons (Fsp3) is 0.923. The summed E-state index contributed by atoms with van der Waals surface area (Å²) in [5, 5.41) is -0.224. The molecule has 0 rings (SSSR count). The lowest BCUT2D eigenvalue weighted by atomic mass is 10.0. The lowest BCUT2D eigenvalue weighted by Gasteiger charge is -2.18. The number of hydrogen-bond donors (Lipinski definition) is 0. The molecule has 0 aromatic heterocycles. The van der Waals surface area contributed by atoms with Gasteiger partial charge in [-0.1, -0.05) is 239 Å². The Morgan fingerprint density at radius 2 is 0.533 bits per heavy atom. The van der Waals surface area contributed by atoms with Crippen LogP contribution < -0.4 is 0 Å². The summed E-state index contributed by atoms with van der Waals surface area (Å²) < 4.78 is 16.8. The third-order valence-corrected chi connectivity index (χ3v) is 12.1. The summed E-state index contributed by atoms with van der Waals surface area (Å²) in [7, 11) is 0. The van der Waals surface area contributed by atoms with Crippen molar-refractivity contribution in [2.45, 2.75) is 296 Å². The Bertz CT molecular complexity index is 911. The van der Waals surface area contributed by atoms with Crippen LogP contribution in [0.1, 0.15) is 290 Å². The summed E-state index contributed by atoms with van der Waals surface area (Å²) in [5.74, 6) is -0.891. The predicted octanol–water partition coefficient (Wildman–Crippen LogP) is 16.6. The quantitative estimate of drug-likeness (QED) is 0.0260. The highest BCUT2D eigenvalue weighted by molar-refractivity contribution is 6.63. The van der Waals surface area contributed by atoms with Crippen molar-refractivity contribution >= 4 is 34.8 Å². The summed E-state index contributed by atoms with van der Waals surface area (Å²) in [6, 6.07) is 0. The van der Waals surface area contributed by atoms with Gasteiger partial charge in [0.15, 0.2) is 6.10 Å². The van der Waals surface area contributed by atoms with Gasteiger partial charge in [0.25, 0.3) is 0 Å². The fourth-order valence-corrected chi connectivity index (χ4v) is 8.06. The number of rotatable bonds is 49. The zero-order valence-corrected chi connectivity index (χ0v) is 40.4. The molecular formula is C52H97ClO7. The first kappa shape index (κ1) is 58.4. The van der Waals surface area contributed by atoms with Gasteiger partial charge in [-0.15, -0.1) is 0 Å². The molecule has 0 amide bonds. The highest BCUT2D eigenvalue weighted by Crippen LogP contribution is 2.17. The molecule has 0 aliphatic heterocycles. The largest absolute Gasteiger partial charge is 0.462 e. The maximum absolute atomic E-state index is 12.8. The van der Waals surface area contributed by atoms with E-state index in [1.807, 2.05) is 0 Å². The molecule has 0 aliphatic rings. The highest BCUT2D eigenvalue weighted by Gasteiger charge is 2.19. The minimum absolute atomic E-state index is 0.0793. The topological polar surface area (TPSA) is 96.0 Å². The van der Waals surface area contributed by atoms with Gasteiger partial charge in [-0.3, -0.25) is 19.2 Å². The van der Waals surface area contributed by atoms with Crippen molar-refractivity contribution in [2.75, 3.05) is 13.2 Å². The van der Waals surface area contributed by atoms with Crippen LogP contribution in [0.5, 0.6) is 0 Å². The van der Waals surface area contributed by atoms with Crippen LogP contribution in [0.15, 0.2) is 0 Å². The molecule has 0 bridgehead atoms. The molecule has 0 saturated carbocycles. The van der Waals surface area contributed by atoms with E-state index in [4.69, 9.17) is 25.8 Å². The number of ether oxygens (including phenoxy) is 3. The maximum atomic E-state index is 12.8. The van der Waals surface area contributed by atoms with E-state index in [1.54, 1.807) is 0 Å². The fourth-order valence-electron chi connectivity index (χ4n) is 7.93. The van der Waals surface area contributed by atoms with E-state index in [0.29, 0.717) is 25.7 Å². The Kier molecular flexibility index (Phi) is 47.1. The zero-order chi connectivity index (χ0) is 43.8. The predicted molar refractivity (Wildman–Crippen MR) is 253 cm³/mol. The molecule has 8 heteroatoms. The molecule has 0 N–H and O–H groups in total. The number of carbonyl (C=O) groups excluding carboxylic acids is 4. The lowest BCUT2D eigenvalue weighted by molar-refractivity contribution is -0.167. The van der Waals surface area contributed by atoms with Crippen LogP contribution in [0.2, 0.25) is 0 Å². The molecule has 0 radical (unpaired) electrons. The number of halogens is 1. The van der Waals surface area contributed by atoms with Gasteiger partial charge >= 0.3 is 17.9 Å². The lowest BCUT2D eigenvalue weighted by Crippen LogP contribution is -2.30. The van der Waals surface area contributed by atoms with Gasteiger partial charge in [0.2, 0.25) is 5.24 Å².